The molecular formula is C15H20N3O4S3+. The lowest BCUT2D eigenvalue weighted by Crippen LogP contribution is -3.12. The van der Waals surface area contributed by atoms with E-state index in [1.165, 1.54) is 39.5 Å². The predicted octanol–water partition coefficient (Wildman–Crippen LogP) is 0.0679. The van der Waals surface area contributed by atoms with Crippen LogP contribution in [0.15, 0.2) is 50.9 Å². The summed E-state index contributed by atoms with van der Waals surface area (Å²) in [4.78, 5) is 1.48. The average Bonchev–Trinajstić information content (AvgIpc) is 3.11. The predicted molar refractivity (Wildman–Crippen MR) is 96.9 cm³/mol. The van der Waals surface area contributed by atoms with Gasteiger partial charge in [-0.2, -0.15) is 4.31 Å². The first kappa shape index (κ1) is 18.3. The number of hydrogen-bond acceptors (Lipinski definition) is 5. The van der Waals surface area contributed by atoms with Crippen molar-refractivity contribution in [3.8, 4) is 0 Å². The Morgan fingerprint density at radius 2 is 1.68 bits per heavy atom. The molecule has 10 heteroatoms. The monoisotopic (exact) mass is 402 g/mol. The minimum atomic E-state index is -3.64. The highest BCUT2D eigenvalue weighted by molar-refractivity contribution is 7.94. The summed E-state index contributed by atoms with van der Waals surface area (Å²) in [6, 6.07) is 8.99. The van der Waals surface area contributed by atoms with Gasteiger partial charge in [-0.25, -0.2) is 16.8 Å². The lowest BCUT2D eigenvalue weighted by Gasteiger charge is -2.29. The molecule has 1 aliphatic heterocycles. The number of thiophene rings is 1. The highest BCUT2D eigenvalue weighted by Gasteiger charge is 2.29. The lowest BCUT2D eigenvalue weighted by atomic mass is 10.3. The smallest absolute Gasteiger partial charge is 0.271 e. The molecule has 2 N–H and O–H groups in total. The van der Waals surface area contributed by atoms with Crippen LogP contribution in [0, 0.1) is 0 Å². The van der Waals surface area contributed by atoms with Gasteiger partial charge in [0.25, 0.3) is 10.0 Å². The Kier molecular flexibility index (Phi) is 5.16. The van der Waals surface area contributed by atoms with Crippen molar-refractivity contribution in [2.24, 2.45) is 0 Å². The van der Waals surface area contributed by atoms with E-state index in [0.29, 0.717) is 18.8 Å². The largest absolute Gasteiger partial charge is 0.335 e. The van der Waals surface area contributed by atoms with Crippen molar-refractivity contribution in [2.45, 2.75) is 9.10 Å². The summed E-state index contributed by atoms with van der Waals surface area (Å²) in [5.41, 5.74) is 0.329. The Bertz CT molecular complexity index is 915. The minimum Gasteiger partial charge on any atom is -0.335 e. The molecular weight excluding hydrogens is 382 g/mol. The minimum absolute atomic E-state index is 0.172. The van der Waals surface area contributed by atoms with Crippen LogP contribution in [0.25, 0.3) is 0 Å². The van der Waals surface area contributed by atoms with Crippen LogP contribution in [0.5, 0.6) is 0 Å². The van der Waals surface area contributed by atoms with Gasteiger partial charge in [0.05, 0.1) is 38.1 Å². The number of quaternary nitrogens is 1. The summed E-state index contributed by atoms with van der Waals surface area (Å²) in [6.07, 6.45) is 0. The van der Waals surface area contributed by atoms with E-state index in [9.17, 15) is 16.8 Å². The first-order valence-electron chi connectivity index (χ1n) is 7.77. The van der Waals surface area contributed by atoms with E-state index < -0.39 is 20.0 Å². The number of nitrogens with one attached hydrogen (secondary N) is 2. The Balaban J connectivity index is 1.76. The molecule has 3 rings (SSSR count). The number of benzene rings is 1. The van der Waals surface area contributed by atoms with Crippen molar-refractivity contribution in [1.29, 1.82) is 0 Å². The second kappa shape index (κ2) is 7.04. The molecule has 0 atom stereocenters. The normalized spacial score (nSPS) is 17.5. The third-order valence-corrected chi connectivity index (χ3v) is 8.77. The van der Waals surface area contributed by atoms with Crippen molar-refractivity contribution >= 4 is 37.1 Å². The fourth-order valence-electron chi connectivity index (χ4n) is 2.57. The van der Waals surface area contributed by atoms with Crippen molar-refractivity contribution in [1.82, 2.24) is 4.31 Å². The number of likely N-dealkylation sites (N-methyl/N-ethyl adjacent to an activating group) is 1. The molecule has 1 fully saturated rings. The van der Waals surface area contributed by atoms with E-state index in [4.69, 9.17) is 0 Å². The van der Waals surface area contributed by atoms with E-state index in [0.717, 1.165) is 24.4 Å². The third kappa shape index (κ3) is 4.04. The van der Waals surface area contributed by atoms with E-state index in [1.54, 1.807) is 11.4 Å². The summed E-state index contributed by atoms with van der Waals surface area (Å²) < 4.78 is 53.8. The van der Waals surface area contributed by atoms with Crippen LogP contribution in [0.3, 0.4) is 0 Å². The Labute approximate surface area is 152 Å². The van der Waals surface area contributed by atoms with Gasteiger partial charge in [-0.3, -0.25) is 4.72 Å². The van der Waals surface area contributed by atoms with Crippen molar-refractivity contribution in [2.75, 3.05) is 37.9 Å². The molecule has 0 saturated carbocycles. The fraction of sp³-hybridized carbons (Fsp3) is 0.333. The molecule has 1 aliphatic rings. The zero-order chi connectivity index (χ0) is 18.1. The van der Waals surface area contributed by atoms with Crippen LogP contribution in [0.4, 0.5) is 5.69 Å². The number of nitrogens with zero attached hydrogens (tertiary/aromatic N) is 1. The SMILES string of the molecule is C[NH+]1CCN(S(=O)(=O)c2ccc(NS(=O)(=O)c3cccs3)cc2)CC1. The van der Waals surface area contributed by atoms with Crippen molar-refractivity contribution < 1.29 is 21.7 Å². The van der Waals surface area contributed by atoms with E-state index in [1.807, 2.05) is 7.05 Å². The highest BCUT2D eigenvalue weighted by Crippen LogP contribution is 2.22. The van der Waals surface area contributed by atoms with Gasteiger partial charge in [0.1, 0.15) is 4.21 Å². The maximum absolute atomic E-state index is 12.7. The van der Waals surface area contributed by atoms with Crippen LogP contribution in [0.1, 0.15) is 0 Å². The number of hydrogen-bond donors (Lipinski definition) is 2. The van der Waals surface area contributed by atoms with Crippen LogP contribution in [-0.4, -0.2) is 54.4 Å². The van der Waals surface area contributed by atoms with Crippen LogP contribution in [0.2, 0.25) is 0 Å². The van der Waals surface area contributed by atoms with Crippen LogP contribution < -0.4 is 9.62 Å². The average molecular weight is 403 g/mol. The number of sulfonamides is 2. The first-order chi connectivity index (χ1) is 11.8. The van der Waals surface area contributed by atoms with Gasteiger partial charge in [0, 0.05) is 5.69 Å². The second-order valence-corrected chi connectivity index (χ2v) is 10.7. The van der Waals surface area contributed by atoms with Gasteiger partial charge in [-0.05, 0) is 35.7 Å². The summed E-state index contributed by atoms with van der Waals surface area (Å²) >= 11 is 1.12. The fourth-order valence-corrected chi connectivity index (χ4v) is 6.07. The van der Waals surface area contributed by atoms with Gasteiger partial charge in [-0.1, -0.05) is 6.07 Å². The molecule has 2 heterocycles. The maximum atomic E-state index is 12.7. The zero-order valence-electron chi connectivity index (χ0n) is 13.7. The standard InChI is InChI=1S/C15H19N3O4S3/c1-17-8-10-18(11-9-17)25(21,22)14-6-4-13(5-7-14)16-24(19,20)15-3-2-12-23-15/h2-7,12,16H,8-11H2,1H3/p+1. The molecule has 0 aliphatic carbocycles. The van der Waals surface area contributed by atoms with Crippen molar-refractivity contribution in [3.63, 3.8) is 0 Å². The van der Waals surface area contributed by atoms with Gasteiger partial charge in [-0.15, -0.1) is 11.3 Å². The maximum Gasteiger partial charge on any atom is 0.271 e. The molecule has 0 bridgehead atoms. The summed E-state index contributed by atoms with van der Waals surface area (Å²) in [6.45, 7) is 2.53. The zero-order valence-corrected chi connectivity index (χ0v) is 16.1. The van der Waals surface area contributed by atoms with E-state index >= 15 is 0 Å². The van der Waals surface area contributed by atoms with Gasteiger partial charge < -0.3 is 4.90 Å². The van der Waals surface area contributed by atoms with Crippen LogP contribution in [-0.2, 0) is 20.0 Å². The molecule has 136 valence electrons. The molecule has 7 nitrogen and oxygen atoms in total. The lowest BCUT2D eigenvalue weighted by molar-refractivity contribution is -0.883. The van der Waals surface area contributed by atoms with Gasteiger partial charge in [0.2, 0.25) is 10.0 Å². The van der Waals surface area contributed by atoms with Crippen LogP contribution >= 0.6 is 11.3 Å². The summed E-state index contributed by atoms with van der Waals surface area (Å²) in [5.74, 6) is 0. The number of rotatable bonds is 5. The summed E-state index contributed by atoms with van der Waals surface area (Å²) in [7, 11) is -5.14. The molecule has 0 amide bonds. The first-order valence-corrected chi connectivity index (χ1v) is 11.6. The Hall–Kier alpha value is -1.46. The molecule has 2 aromatic rings. The van der Waals surface area contributed by atoms with Gasteiger partial charge in [0.15, 0.2) is 0 Å². The van der Waals surface area contributed by atoms with E-state index in [-0.39, 0.29) is 9.10 Å². The molecule has 0 spiro atoms. The molecule has 1 aromatic carbocycles. The quantitative estimate of drug-likeness (QED) is 0.741. The topological polar surface area (TPSA) is 88.0 Å². The van der Waals surface area contributed by atoms with Crippen molar-refractivity contribution in [3.05, 3.63) is 41.8 Å². The molecule has 0 radical (unpaired) electrons. The van der Waals surface area contributed by atoms with Gasteiger partial charge >= 0.3 is 0 Å². The van der Waals surface area contributed by atoms with E-state index in [2.05, 4.69) is 4.72 Å². The number of anilines is 1. The Morgan fingerprint density at radius 3 is 2.24 bits per heavy atom. The molecule has 1 aromatic heterocycles. The molecule has 25 heavy (non-hydrogen) atoms. The number of piperazine rings is 1. The highest BCUT2D eigenvalue weighted by atomic mass is 32.2. The molecule has 0 unspecified atom stereocenters. The molecule has 1 saturated heterocycles. The summed E-state index contributed by atoms with van der Waals surface area (Å²) in [5, 5.41) is 1.68. The third-order valence-electron chi connectivity index (χ3n) is 4.08. The Morgan fingerprint density at radius 1 is 1.04 bits per heavy atom. The second-order valence-electron chi connectivity index (χ2n) is 5.92.